The summed E-state index contributed by atoms with van der Waals surface area (Å²) in [5.74, 6) is 1.43. The van der Waals surface area contributed by atoms with Crippen LogP contribution in [0.1, 0.15) is 17.4 Å². The van der Waals surface area contributed by atoms with Gasteiger partial charge in [0, 0.05) is 38.1 Å². The fourth-order valence-corrected chi connectivity index (χ4v) is 3.13. The van der Waals surface area contributed by atoms with Crippen molar-refractivity contribution in [3.8, 4) is 5.75 Å². The first-order valence-electron chi connectivity index (χ1n) is 9.22. The number of rotatable bonds is 8. The predicted octanol–water partition coefficient (Wildman–Crippen LogP) is 3.82. The van der Waals surface area contributed by atoms with Crippen molar-refractivity contribution in [2.75, 3.05) is 44.6 Å². The number of pyridine rings is 1. The Morgan fingerprint density at radius 1 is 1.21 bits per heavy atom. The quantitative estimate of drug-likeness (QED) is 0.602. The van der Waals surface area contributed by atoms with Crippen LogP contribution < -0.4 is 15.0 Å². The Morgan fingerprint density at radius 2 is 2.00 bits per heavy atom. The molecule has 0 aliphatic carbocycles. The molecule has 156 valence electrons. The van der Waals surface area contributed by atoms with Gasteiger partial charge in [0.25, 0.3) is 5.91 Å². The van der Waals surface area contributed by atoms with Gasteiger partial charge in [0.15, 0.2) is 0 Å². The summed E-state index contributed by atoms with van der Waals surface area (Å²) in [7, 11) is 5.26. The van der Waals surface area contributed by atoms with E-state index in [0.717, 1.165) is 29.0 Å². The van der Waals surface area contributed by atoms with Crippen molar-refractivity contribution < 1.29 is 14.3 Å². The summed E-state index contributed by atoms with van der Waals surface area (Å²) < 4.78 is 12.4. The molecule has 3 aromatic rings. The molecule has 0 aliphatic rings. The third-order valence-corrected chi connectivity index (χ3v) is 4.69. The van der Waals surface area contributed by atoms with Crippen LogP contribution in [0.4, 0.5) is 11.5 Å². The Balaban J connectivity index is 0.00000300. The number of anilines is 2. The Labute approximate surface area is 177 Å². The molecule has 0 saturated carbocycles. The fraction of sp³-hybridized carbons (Fsp3) is 0.333. The molecule has 2 heterocycles. The number of likely N-dealkylation sites (N-methyl/N-ethyl adjacent to an activating group) is 1. The maximum atomic E-state index is 12.9. The molecule has 1 N–H and O–H groups in total. The standard InChI is InChI=1S/C21H26N4O3.ClH/c1-5-25-18-8-7-17(28-4)12-15(18)13-19(25)21(26)23-16-6-9-20(22-14-16)24(2)10-11-27-3;/h6-9,12-14H,5,10-11H2,1-4H3,(H,23,26);1H. The largest absolute Gasteiger partial charge is 0.497 e. The molecule has 8 heteroatoms. The van der Waals surface area contributed by atoms with Crippen LogP contribution in [0.5, 0.6) is 5.75 Å². The Kier molecular flexibility index (Phi) is 7.87. The van der Waals surface area contributed by atoms with E-state index in [1.165, 1.54) is 0 Å². The van der Waals surface area contributed by atoms with E-state index in [4.69, 9.17) is 9.47 Å². The summed E-state index contributed by atoms with van der Waals surface area (Å²) in [6.07, 6.45) is 1.67. The van der Waals surface area contributed by atoms with Crippen molar-refractivity contribution in [2.45, 2.75) is 13.5 Å². The van der Waals surface area contributed by atoms with Crippen LogP contribution in [0.15, 0.2) is 42.6 Å². The average molecular weight is 419 g/mol. The van der Waals surface area contributed by atoms with Crippen LogP contribution in [0.3, 0.4) is 0 Å². The second-order valence-corrected chi connectivity index (χ2v) is 6.47. The lowest BCUT2D eigenvalue weighted by molar-refractivity contribution is 0.101. The lowest BCUT2D eigenvalue weighted by Gasteiger charge is -2.17. The Bertz CT molecular complexity index is 956. The normalized spacial score (nSPS) is 10.5. The molecule has 0 fully saturated rings. The minimum absolute atomic E-state index is 0. The van der Waals surface area contributed by atoms with Crippen molar-refractivity contribution in [2.24, 2.45) is 0 Å². The second kappa shape index (κ2) is 10.1. The number of hydrogen-bond donors (Lipinski definition) is 1. The molecule has 3 rings (SSSR count). The van der Waals surface area contributed by atoms with Crippen molar-refractivity contribution in [3.05, 3.63) is 48.3 Å². The zero-order valence-electron chi connectivity index (χ0n) is 17.1. The highest BCUT2D eigenvalue weighted by Gasteiger charge is 2.16. The van der Waals surface area contributed by atoms with E-state index in [2.05, 4.69) is 10.3 Å². The number of hydrogen-bond acceptors (Lipinski definition) is 5. The molecule has 7 nitrogen and oxygen atoms in total. The Hall–Kier alpha value is -2.77. The van der Waals surface area contributed by atoms with Gasteiger partial charge in [0.2, 0.25) is 0 Å². The number of halogens is 1. The van der Waals surface area contributed by atoms with Crippen molar-refractivity contribution in [1.29, 1.82) is 0 Å². The molecule has 0 saturated heterocycles. The maximum absolute atomic E-state index is 12.9. The number of aryl methyl sites for hydroxylation is 1. The van der Waals surface area contributed by atoms with E-state index in [1.54, 1.807) is 20.4 Å². The minimum atomic E-state index is -0.167. The zero-order valence-corrected chi connectivity index (χ0v) is 18.0. The highest BCUT2D eigenvalue weighted by atomic mass is 35.5. The topological polar surface area (TPSA) is 68.6 Å². The van der Waals surface area contributed by atoms with E-state index in [1.807, 2.05) is 59.8 Å². The monoisotopic (exact) mass is 418 g/mol. The Morgan fingerprint density at radius 3 is 2.62 bits per heavy atom. The van der Waals surface area contributed by atoms with E-state index < -0.39 is 0 Å². The number of nitrogens with zero attached hydrogens (tertiary/aromatic N) is 3. The molecule has 0 spiro atoms. The van der Waals surface area contributed by atoms with E-state index in [-0.39, 0.29) is 18.3 Å². The van der Waals surface area contributed by atoms with E-state index in [9.17, 15) is 4.79 Å². The number of aromatic nitrogens is 2. The highest BCUT2D eigenvalue weighted by Crippen LogP contribution is 2.25. The molecular weight excluding hydrogens is 392 g/mol. The second-order valence-electron chi connectivity index (χ2n) is 6.47. The highest BCUT2D eigenvalue weighted by molar-refractivity contribution is 6.06. The molecule has 0 aliphatic heterocycles. The van der Waals surface area contributed by atoms with Crippen molar-refractivity contribution in [1.82, 2.24) is 9.55 Å². The number of carbonyl (C=O) groups excluding carboxylic acids is 1. The smallest absolute Gasteiger partial charge is 0.272 e. The van der Waals surface area contributed by atoms with Gasteiger partial charge in [-0.25, -0.2) is 4.98 Å². The van der Waals surface area contributed by atoms with Crippen LogP contribution in [0.2, 0.25) is 0 Å². The molecule has 0 atom stereocenters. The lowest BCUT2D eigenvalue weighted by Crippen LogP contribution is -2.23. The maximum Gasteiger partial charge on any atom is 0.272 e. The van der Waals surface area contributed by atoms with Gasteiger partial charge in [-0.2, -0.15) is 0 Å². The molecule has 29 heavy (non-hydrogen) atoms. The molecule has 0 radical (unpaired) electrons. The molecule has 0 unspecified atom stereocenters. The number of amides is 1. The van der Waals surface area contributed by atoms with Crippen LogP contribution in [0, 0.1) is 0 Å². The number of ether oxygens (including phenoxy) is 2. The number of methoxy groups -OCH3 is 2. The SMILES string of the molecule is CCn1c(C(=O)Nc2ccc(N(C)CCOC)nc2)cc2cc(OC)ccc21.Cl. The van der Waals surface area contributed by atoms with Crippen molar-refractivity contribution in [3.63, 3.8) is 0 Å². The van der Waals surface area contributed by atoms with Gasteiger partial charge in [-0.1, -0.05) is 0 Å². The zero-order chi connectivity index (χ0) is 20.1. The first-order valence-corrected chi connectivity index (χ1v) is 9.22. The summed E-state index contributed by atoms with van der Waals surface area (Å²) in [5, 5.41) is 3.91. The first kappa shape index (κ1) is 22.5. The van der Waals surface area contributed by atoms with Crippen LogP contribution in [-0.2, 0) is 11.3 Å². The van der Waals surface area contributed by atoms with Crippen LogP contribution in [0.25, 0.3) is 10.9 Å². The number of fused-ring (bicyclic) bond motifs is 1. The fourth-order valence-electron chi connectivity index (χ4n) is 3.13. The summed E-state index contributed by atoms with van der Waals surface area (Å²) in [6.45, 7) is 4.09. The first-order chi connectivity index (χ1) is 13.6. The summed E-state index contributed by atoms with van der Waals surface area (Å²) in [6, 6.07) is 11.4. The van der Waals surface area contributed by atoms with Gasteiger partial charge in [-0.15, -0.1) is 12.4 Å². The predicted molar refractivity (Wildman–Crippen MR) is 119 cm³/mol. The van der Waals surface area contributed by atoms with Gasteiger partial charge in [-0.05, 0) is 43.3 Å². The molecule has 1 aromatic carbocycles. The summed E-state index contributed by atoms with van der Waals surface area (Å²) in [4.78, 5) is 19.3. The van der Waals surface area contributed by atoms with Crippen LogP contribution in [-0.4, -0.2) is 49.9 Å². The number of benzene rings is 1. The molecular formula is C21H27ClN4O3. The third-order valence-electron chi connectivity index (χ3n) is 4.69. The molecule has 0 bridgehead atoms. The molecule has 2 aromatic heterocycles. The average Bonchev–Trinajstić information content (AvgIpc) is 3.10. The summed E-state index contributed by atoms with van der Waals surface area (Å²) >= 11 is 0. The van der Waals surface area contributed by atoms with Gasteiger partial charge >= 0.3 is 0 Å². The van der Waals surface area contributed by atoms with Gasteiger partial charge in [-0.3, -0.25) is 4.79 Å². The molecule has 1 amide bonds. The van der Waals surface area contributed by atoms with Gasteiger partial charge in [0.1, 0.15) is 17.3 Å². The minimum Gasteiger partial charge on any atom is -0.497 e. The lowest BCUT2D eigenvalue weighted by atomic mass is 10.2. The summed E-state index contributed by atoms with van der Waals surface area (Å²) in [5.41, 5.74) is 2.26. The van der Waals surface area contributed by atoms with Crippen molar-refractivity contribution >= 4 is 40.7 Å². The van der Waals surface area contributed by atoms with Gasteiger partial charge < -0.3 is 24.3 Å². The number of carbonyl (C=O) groups is 1. The van der Waals surface area contributed by atoms with E-state index >= 15 is 0 Å². The van der Waals surface area contributed by atoms with Crippen LogP contribution >= 0.6 is 12.4 Å². The van der Waals surface area contributed by atoms with Gasteiger partial charge in [0.05, 0.1) is 25.6 Å². The third kappa shape index (κ3) is 4.99. The number of nitrogens with one attached hydrogen (secondary N) is 1. The van der Waals surface area contributed by atoms with E-state index in [0.29, 0.717) is 24.5 Å².